The van der Waals surface area contributed by atoms with Gasteiger partial charge in [-0.2, -0.15) is 0 Å². The molecule has 1 heterocycles. The van der Waals surface area contributed by atoms with Gasteiger partial charge < -0.3 is 5.32 Å². The van der Waals surface area contributed by atoms with Crippen molar-refractivity contribution in [3.63, 3.8) is 0 Å². The van der Waals surface area contributed by atoms with E-state index in [1.807, 2.05) is 6.07 Å². The highest BCUT2D eigenvalue weighted by atomic mass is 32.2. The van der Waals surface area contributed by atoms with Crippen LogP contribution in [0.2, 0.25) is 0 Å². The van der Waals surface area contributed by atoms with Crippen LogP contribution in [0.25, 0.3) is 0 Å². The summed E-state index contributed by atoms with van der Waals surface area (Å²) in [7, 11) is -3.34. The highest BCUT2D eigenvalue weighted by molar-refractivity contribution is 7.91. The Morgan fingerprint density at radius 1 is 1.24 bits per heavy atom. The molecule has 0 atom stereocenters. The van der Waals surface area contributed by atoms with E-state index < -0.39 is 10.0 Å². The molecule has 6 heteroatoms. The Balaban J connectivity index is 1.63. The summed E-state index contributed by atoms with van der Waals surface area (Å²) in [5.74, 6) is 1.16. The topological polar surface area (TPSA) is 58.2 Å². The minimum Gasteiger partial charge on any atom is -0.312 e. The normalized spacial score (nSPS) is 19.3. The molecule has 0 aliphatic heterocycles. The molecule has 2 N–H and O–H groups in total. The van der Waals surface area contributed by atoms with E-state index in [9.17, 15) is 8.42 Å². The highest BCUT2D eigenvalue weighted by Gasteiger charge is 2.43. The molecule has 0 bridgehead atoms. The van der Waals surface area contributed by atoms with Crippen LogP contribution in [0.4, 0.5) is 0 Å². The predicted molar refractivity (Wildman–Crippen MR) is 85.9 cm³/mol. The molecule has 3 rings (SSSR count). The van der Waals surface area contributed by atoms with E-state index in [1.165, 1.54) is 37.0 Å². The Kier molecular flexibility index (Phi) is 4.69. The van der Waals surface area contributed by atoms with Gasteiger partial charge in [0.25, 0.3) is 0 Å². The number of hydrogen-bond acceptors (Lipinski definition) is 4. The van der Waals surface area contributed by atoms with Crippen molar-refractivity contribution in [1.29, 1.82) is 0 Å². The first-order chi connectivity index (χ1) is 10.1. The standard InChI is InChI=1S/C15H24N2O2S2/c1-2-9-16-10-13-7-8-14(20-13)21(18,19)17-15(11-3-4-11)12-5-6-12/h7-8,11-12,15-17H,2-6,9-10H2,1H3. The second-order valence-electron chi connectivity index (χ2n) is 6.22. The van der Waals surface area contributed by atoms with Crippen molar-refractivity contribution in [2.45, 2.75) is 55.8 Å². The summed E-state index contributed by atoms with van der Waals surface area (Å²) in [6.07, 6.45) is 5.81. The van der Waals surface area contributed by atoms with Crippen molar-refractivity contribution < 1.29 is 8.42 Å². The fourth-order valence-corrected chi connectivity index (χ4v) is 5.43. The predicted octanol–water partition coefficient (Wildman–Crippen LogP) is 2.71. The minimum atomic E-state index is -3.34. The Morgan fingerprint density at radius 2 is 1.90 bits per heavy atom. The van der Waals surface area contributed by atoms with Gasteiger partial charge in [0, 0.05) is 17.5 Å². The van der Waals surface area contributed by atoms with Crippen molar-refractivity contribution in [3.8, 4) is 0 Å². The zero-order valence-corrected chi connectivity index (χ0v) is 14.1. The zero-order valence-electron chi connectivity index (χ0n) is 12.5. The molecule has 0 radical (unpaired) electrons. The van der Waals surface area contributed by atoms with Crippen LogP contribution >= 0.6 is 11.3 Å². The molecule has 0 amide bonds. The van der Waals surface area contributed by atoms with E-state index in [0.717, 1.165) is 24.4 Å². The Hall–Kier alpha value is -0.430. The lowest BCUT2D eigenvalue weighted by Crippen LogP contribution is -2.37. The summed E-state index contributed by atoms with van der Waals surface area (Å²) >= 11 is 1.38. The van der Waals surface area contributed by atoms with Crippen LogP contribution in [0, 0.1) is 11.8 Å². The number of nitrogens with one attached hydrogen (secondary N) is 2. The lowest BCUT2D eigenvalue weighted by atomic mass is 10.1. The average Bonchev–Trinajstić information content (AvgIpc) is 3.36. The zero-order chi connectivity index (χ0) is 14.9. The molecule has 0 saturated heterocycles. The van der Waals surface area contributed by atoms with Crippen molar-refractivity contribution >= 4 is 21.4 Å². The van der Waals surface area contributed by atoms with E-state index in [1.54, 1.807) is 6.07 Å². The summed E-state index contributed by atoms with van der Waals surface area (Å²) < 4.78 is 28.5. The summed E-state index contributed by atoms with van der Waals surface area (Å²) in [6, 6.07) is 3.84. The molecule has 2 aliphatic carbocycles. The van der Waals surface area contributed by atoms with Crippen LogP contribution in [-0.2, 0) is 16.6 Å². The van der Waals surface area contributed by atoms with Gasteiger partial charge in [-0.3, -0.25) is 0 Å². The molecular formula is C15H24N2O2S2. The number of hydrogen-bond donors (Lipinski definition) is 2. The molecule has 0 spiro atoms. The van der Waals surface area contributed by atoms with E-state index >= 15 is 0 Å². The lowest BCUT2D eigenvalue weighted by Gasteiger charge is -2.16. The Labute approximate surface area is 131 Å². The maximum Gasteiger partial charge on any atom is 0.250 e. The van der Waals surface area contributed by atoms with Gasteiger partial charge in [0.15, 0.2) is 0 Å². The maximum absolute atomic E-state index is 12.5. The van der Waals surface area contributed by atoms with Gasteiger partial charge >= 0.3 is 0 Å². The third-order valence-electron chi connectivity index (χ3n) is 4.18. The first-order valence-corrected chi connectivity index (χ1v) is 10.2. The largest absolute Gasteiger partial charge is 0.312 e. The molecule has 2 fully saturated rings. The molecule has 0 unspecified atom stereocenters. The van der Waals surface area contributed by atoms with Gasteiger partial charge in [0.2, 0.25) is 10.0 Å². The van der Waals surface area contributed by atoms with Crippen molar-refractivity contribution in [2.24, 2.45) is 11.8 Å². The molecule has 21 heavy (non-hydrogen) atoms. The second-order valence-corrected chi connectivity index (χ2v) is 9.33. The van der Waals surface area contributed by atoms with Gasteiger partial charge in [-0.1, -0.05) is 6.92 Å². The molecule has 0 aromatic carbocycles. The first kappa shape index (κ1) is 15.5. The molecule has 118 valence electrons. The highest BCUT2D eigenvalue weighted by Crippen LogP contribution is 2.45. The number of rotatable bonds is 9. The molecular weight excluding hydrogens is 304 g/mol. The first-order valence-electron chi connectivity index (χ1n) is 7.92. The van der Waals surface area contributed by atoms with Crippen molar-refractivity contribution in [1.82, 2.24) is 10.0 Å². The van der Waals surface area contributed by atoms with Gasteiger partial charge in [0.05, 0.1) is 0 Å². The van der Waals surface area contributed by atoms with Gasteiger partial charge in [-0.25, -0.2) is 13.1 Å². The van der Waals surface area contributed by atoms with Crippen molar-refractivity contribution in [2.75, 3.05) is 6.54 Å². The van der Waals surface area contributed by atoms with E-state index in [4.69, 9.17) is 0 Å². The van der Waals surface area contributed by atoms with Crippen molar-refractivity contribution in [3.05, 3.63) is 17.0 Å². The number of thiophene rings is 1. The second kappa shape index (κ2) is 6.36. The maximum atomic E-state index is 12.5. The van der Waals surface area contributed by atoms with Crippen LogP contribution in [0.3, 0.4) is 0 Å². The summed E-state index contributed by atoms with van der Waals surface area (Å²) in [6.45, 7) is 3.84. The Bertz CT molecular complexity index is 562. The lowest BCUT2D eigenvalue weighted by molar-refractivity contribution is 0.472. The average molecular weight is 329 g/mol. The van der Waals surface area contributed by atoms with Gasteiger partial charge in [-0.05, 0) is 62.6 Å². The quantitative estimate of drug-likeness (QED) is 0.685. The minimum absolute atomic E-state index is 0.179. The van der Waals surface area contributed by atoms with E-state index in [0.29, 0.717) is 16.0 Å². The Morgan fingerprint density at radius 3 is 2.48 bits per heavy atom. The summed E-state index contributed by atoms with van der Waals surface area (Å²) in [5.41, 5.74) is 0. The van der Waals surface area contributed by atoms with Crippen LogP contribution in [0.15, 0.2) is 16.3 Å². The van der Waals surface area contributed by atoms with Gasteiger partial charge in [0.1, 0.15) is 4.21 Å². The molecule has 2 aliphatic rings. The summed E-state index contributed by atoms with van der Waals surface area (Å²) in [5, 5.41) is 3.31. The SMILES string of the molecule is CCCNCc1ccc(S(=O)(=O)NC(C2CC2)C2CC2)s1. The molecule has 4 nitrogen and oxygen atoms in total. The van der Waals surface area contributed by atoms with E-state index in [-0.39, 0.29) is 6.04 Å². The molecule has 2 saturated carbocycles. The van der Waals surface area contributed by atoms with Crippen LogP contribution in [0.1, 0.15) is 43.9 Å². The fraction of sp³-hybridized carbons (Fsp3) is 0.733. The van der Waals surface area contributed by atoms with E-state index in [2.05, 4.69) is 17.0 Å². The number of sulfonamides is 1. The molecule has 1 aromatic heterocycles. The van der Waals surface area contributed by atoms with Crippen LogP contribution < -0.4 is 10.0 Å². The monoisotopic (exact) mass is 328 g/mol. The third kappa shape index (κ3) is 4.06. The van der Waals surface area contributed by atoms with Crippen LogP contribution in [0.5, 0.6) is 0 Å². The smallest absolute Gasteiger partial charge is 0.250 e. The summed E-state index contributed by atoms with van der Waals surface area (Å²) in [4.78, 5) is 1.08. The van der Waals surface area contributed by atoms with Crippen LogP contribution in [-0.4, -0.2) is 21.0 Å². The van der Waals surface area contributed by atoms with Gasteiger partial charge in [-0.15, -0.1) is 11.3 Å². The third-order valence-corrected chi connectivity index (χ3v) is 7.22. The fourth-order valence-electron chi connectivity index (χ4n) is 2.71. The molecule has 1 aromatic rings.